The quantitative estimate of drug-likeness (QED) is 0.485. The van der Waals surface area contributed by atoms with E-state index in [1.54, 1.807) is 11.3 Å². The Labute approximate surface area is 205 Å². The van der Waals surface area contributed by atoms with E-state index in [0.717, 1.165) is 70.5 Å². The highest BCUT2D eigenvalue weighted by Crippen LogP contribution is 2.25. The highest BCUT2D eigenvalue weighted by molar-refractivity contribution is 7.18. The van der Waals surface area contributed by atoms with Crippen LogP contribution in [0.25, 0.3) is 10.2 Å². The summed E-state index contributed by atoms with van der Waals surface area (Å²) in [5.74, 6) is 0.791. The van der Waals surface area contributed by atoms with Crippen LogP contribution in [0.3, 0.4) is 0 Å². The molecule has 8 heteroatoms. The summed E-state index contributed by atoms with van der Waals surface area (Å²) in [6.07, 6.45) is -0.0739. The van der Waals surface area contributed by atoms with Gasteiger partial charge >= 0.3 is 0 Å². The summed E-state index contributed by atoms with van der Waals surface area (Å²) in [7, 11) is 0. The highest BCUT2D eigenvalue weighted by atomic mass is 32.1. The summed E-state index contributed by atoms with van der Waals surface area (Å²) < 4.78 is 6.96. The van der Waals surface area contributed by atoms with E-state index in [-0.39, 0.29) is 12.5 Å². The number of aliphatic hydroxyl groups is 1. The van der Waals surface area contributed by atoms with Crippen LogP contribution in [0.1, 0.15) is 22.6 Å². The maximum absolute atomic E-state index is 12.4. The lowest BCUT2D eigenvalue weighted by Crippen LogP contribution is -2.49. The molecule has 2 N–H and O–H groups in total. The molecule has 1 aromatic heterocycles. The molecule has 2 aromatic carbocycles. The number of benzene rings is 2. The molecule has 0 aliphatic carbocycles. The summed E-state index contributed by atoms with van der Waals surface area (Å²) >= 11 is 1.67. The Morgan fingerprint density at radius 3 is 2.56 bits per heavy atom. The van der Waals surface area contributed by atoms with Crippen molar-refractivity contribution in [2.45, 2.75) is 33.3 Å². The second kappa shape index (κ2) is 11.3. The van der Waals surface area contributed by atoms with Crippen LogP contribution in [0.15, 0.2) is 36.4 Å². The van der Waals surface area contributed by atoms with Gasteiger partial charge in [-0.15, -0.1) is 11.3 Å². The van der Waals surface area contributed by atoms with Gasteiger partial charge in [-0.25, -0.2) is 4.98 Å². The number of fused-ring (bicyclic) bond motifs is 1. The average Bonchev–Trinajstić information content (AvgIpc) is 3.19. The minimum absolute atomic E-state index is 0.0541. The molecule has 3 aromatic rings. The third-order valence-corrected chi connectivity index (χ3v) is 7.19. The number of carbonyl (C=O) groups is 1. The van der Waals surface area contributed by atoms with Crippen molar-refractivity contribution < 1.29 is 14.6 Å². The molecule has 1 atom stereocenters. The number of nitrogens with one attached hydrogen (secondary N) is 1. The summed E-state index contributed by atoms with van der Waals surface area (Å²) in [5, 5.41) is 14.6. The largest absolute Gasteiger partial charge is 0.491 e. The van der Waals surface area contributed by atoms with E-state index in [1.165, 1.54) is 0 Å². The SMILES string of the molecule is Cc1nc2cc(OCC(O)CN3CCN(CCC(=O)Nc4c(C)cccc4C)CC3)ccc2s1. The van der Waals surface area contributed by atoms with Crippen LogP contribution in [0.5, 0.6) is 5.75 Å². The smallest absolute Gasteiger partial charge is 0.225 e. The minimum Gasteiger partial charge on any atom is -0.491 e. The zero-order valence-corrected chi connectivity index (χ0v) is 21.0. The van der Waals surface area contributed by atoms with Crippen molar-refractivity contribution in [2.75, 3.05) is 51.2 Å². The number of aliphatic hydroxyl groups excluding tert-OH is 1. The van der Waals surface area contributed by atoms with Crippen molar-refractivity contribution in [1.82, 2.24) is 14.8 Å². The third kappa shape index (κ3) is 6.54. The second-order valence-electron chi connectivity index (χ2n) is 9.03. The number of carbonyl (C=O) groups excluding carboxylic acids is 1. The zero-order chi connectivity index (χ0) is 24.1. The van der Waals surface area contributed by atoms with E-state index < -0.39 is 6.10 Å². The van der Waals surface area contributed by atoms with Crippen molar-refractivity contribution in [3.05, 3.63) is 52.5 Å². The number of nitrogens with zero attached hydrogens (tertiary/aromatic N) is 3. The Morgan fingerprint density at radius 2 is 1.82 bits per heavy atom. The normalized spacial score (nSPS) is 16.0. The fourth-order valence-corrected chi connectivity index (χ4v) is 5.13. The maximum Gasteiger partial charge on any atom is 0.225 e. The topological polar surface area (TPSA) is 77.9 Å². The van der Waals surface area contributed by atoms with Gasteiger partial charge in [0.05, 0.1) is 15.2 Å². The van der Waals surface area contributed by atoms with Crippen molar-refractivity contribution >= 4 is 33.1 Å². The van der Waals surface area contributed by atoms with Crippen molar-refractivity contribution in [2.24, 2.45) is 0 Å². The van der Waals surface area contributed by atoms with Crippen LogP contribution in [0.2, 0.25) is 0 Å². The first-order chi connectivity index (χ1) is 16.4. The van der Waals surface area contributed by atoms with Gasteiger partial charge < -0.3 is 20.1 Å². The molecular weight excluding hydrogens is 448 g/mol. The number of amides is 1. The summed E-state index contributed by atoms with van der Waals surface area (Å²) in [6, 6.07) is 11.9. The Hall–Kier alpha value is -2.52. The van der Waals surface area contributed by atoms with Crippen LogP contribution in [0.4, 0.5) is 5.69 Å². The Kier molecular flexibility index (Phi) is 8.15. The molecule has 1 amide bonds. The molecule has 1 fully saturated rings. The molecule has 0 saturated carbocycles. The fraction of sp³-hybridized carbons (Fsp3) is 0.462. The number of thiazole rings is 1. The lowest BCUT2D eigenvalue weighted by molar-refractivity contribution is -0.116. The number of ether oxygens (including phenoxy) is 1. The third-order valence-electron chi connectivity index (χ3n) is 6.24. The van der Waals surface area contributed by atoms with Gasteiger partial charge in [-0.1, -0.05) is 18.2 Å². The molecule has 1 aliphatic rings. The fourth-order valence-electron chi connectivity index (χ4n) is 4.32. The molecule has 2 heterocycles. The van der Waals surface area contributed by atoms with Gasteiger partial charge in [0, 0.05) is 57.4 Å². The standard InChI is InChI=1S/C26H34N4O3S/c1-18-5-4-6-19(2)26(18)28-25(32)9-10-29-11-13-30(14-12-29)16-21(31)17-33-22-7-8-24-23(15-22)27-20(3)34-24/h4-8,15,21,31H,9-14,16-17H2,1-3H3,(H,28,32). The monoisotopic (exact) mass is 482 g/mol. The predicted octanol–water partition coefficient (Wildman–Crippen LogP) is 3.61. The average molecular weight is 483 g/mol. The number of hydrogen-bond acceptors (Lipinski definition) is 7. The van der Waals surface area contributed by atoms with Gasteiger partial charge in [-0.05, 0) is 44.0 Å². The molecule has 4 rings (SSSR count). The molecule has 182 valence electrons. The van der Waals surface area contributed by atoms with Crippen LogP contribution >= 0.6 is 11.3 Å². The van der Waals surface area contributed by atoms with E-state index in [0.29, 0.717) is 13.0 Å². The van der Waals surface area contributed by atoms with Crippen molar-refractivity contribution in [1.29, 1.82) is 0 Å². The van der Waals surface area contributed by atoms with Crippen LogP contribution in [-0.2, 0) is 4.79 Å². The lowest BCUT2D eigenvalue weighted by atomic mass is 10.1. The number of hydrogen-bond donors (Lipinski definition) is 2. The number of β-amino-alcohol motifs (C(OH)–C–C–N with tert-alkyl or cyclic N) is 1. The first-order valence-corrected chi connectivity index (χ1v) is 12.7. The van der Waals surface area contributed by atoms with Gasteiger partial charge in [-0.3, -0.25) is 9.69 Å². The minimum atomic E-state index is -0.553. The molecule has 1 unspecified atom stereocenters. The van der Waals surface area contributed by atoms with Gasteiger partial charge in [-0.2, -0.15) is 0 Å². The first-order valence-electron chi connectivity index (χ1n) is 11.9. The van der Waals surface area contributed by atoms with Gasteiger partial charge in [0.25, 0.3) is 0 Å². The first kappa shape index (κ1) is 24.6. The summed E-state index contributed by atoms with van der Waals surface area (Å²) in [6.45, 7) is 11.1. The zero-order valence-electron chi connectivity index (χ0n) is 20.2. The molecule has 7 nitrogen and oxygen atoms in total. The Bertz CT molecular complexity index is 1100. The number of anilines is 1. The Morgan fingerprint density at radius 1 is 1.12 bits per heavy atom. The predicted molar refractivity (Wildman–Crippen MR) is 138 cm³/mol. The molecule has 0 spiro atoms. The maximum atomic E-state index is 12.4. The molecule has 1 aliphatic heterocycles. The van der Waals surface area contributed by atoms with Crippen molar-refractivity contribution in [3.8, 4) is 5.75 Å². The van der Waals surface area contributed by atoms with Crippen molar-refractivity contribution in [3.63, 3.8) is 0 Å². The van der Waals surface area contributed by atoms with E-state index >= 15 is 0 Å². The summed E-state index contributed by atoms with van der Waals surface area (Å²) in [5.41, 5.74) is 4.04. The highest BCUT2D eigenvalue weighted by Gasteiger charge is 2.20. The molecule has 0 radical (unpaired) electrons. The molecule has 0 bridgehead atoms. The van der Waals surface area contributed by atoms with Gasteiger partial charge in [0.1, 0.15) is 18.5 Å². The molecular formula is C26H34N4O3S. The number of aryl methyl sites for hydroxylation is 3. The van der Waals surface area contributed by atoms with E-state index in [2.05, 4.69) is 20.1 Å². The molecule has 34 heavy (non-hydrogen) atoms. The van der Waals surface area contributed by atoms with E-state index in [4.69, 9.17) is 4.74 Å². The van der Waals surface area contributed by atoms with E-state index in [1.807, 2.05) is 57.2 Å². The molecule has 1 saturated heterocycles. The van der Waals surface area contributed by atoms with Crippen LogP contribution in [-0.4, -0.2) is 77.8 Å². The number of piperazine rings is 1. The van der Waals surface area contributed by atoms with Crippen LogP contribution < -0.4 is 10.1 Å². The Balaban J connectivity index is 1.14. The number of aromatic nitrogens is 1. The van der Waals surface area contributed by atoms with Gasteiger partial charge in [0.2, 0.25) is 5.91 Å². The van der Waals surface area contributed by atoms with Crippen LogP contribution in [0, 0.1) is 20.8 Å². The second-order valence-corrected chi connectivity index (χ2v) is 10.3. The number of para-hydroxylation sites is 1. The lowest BCUT2D eigenvalue weighted by Gasteiger charge is -2.35. The number of rotatable bonds is 9. The van der Waals surface area contributed by atoms with Gasteiger partial charge in [0.15, 0.2) is 0 Å². The van der Waals surface area contributed by atoms with E-state index in [9.17, 15) is 9.90 Å². The summed E-state index contributed by atoms with van der Waals surface area (Å²) in [4.78, 5) is 21.5.